The zero-order chi connectivity index (χ0) is 70.9. The van der Waals surface area contributed by atoms with Gasteiger partial charge in [-0.1, -0.05) is 298 Å². The first-order valence-corrected chi connectivity index (χ1v) is 41.9. The van der Waals surface area contributed by atoms with Crippen molar-refractivity contribution in [1.29, 1.82) is 0 Å². The number of ether oxygens (including phenoxy) is 3. The number of phosphoric ester groups is 2. The van der Waals surface area contributed by atoms with Gasteiger partial charge in [-0.15, -0.1) is 0 Å². The highest BCUT2D eigenvalue weighted by molar-refractivity contribution is 7.47. The molecule has 5 atom stereocenters. The van der Waals surface area contributed by atoms with Crippen LogP contribution in [-0.4, -0.2) is 95.9 Å². The Labute approximate surface area is 591 Å². The molecular formula is C79H142O16P2. The lowest BCUT2D eigenvalue weighted by molar-refractivity contribution is -0.161. The SMILES string of the molecule is CC/C=C\C/C=C\C/C=C\C/C=C\C/C=C\CCCCCCCCCCCCCCCCCCCCCC(=O)OCC(O)COP(=O)(O)OCC(O)COP(=O)(O)OCC(COC(=O)CCCCCCC/C=C\CCCCCCCC)OC(=O)CCCCCCC/C=C\CCCC. The van der Waals surface area contributed by atoms with Gasteiger partial charge in [-0.05, 0) is 109 Å². The number of phosphoric acid groups is 2. The summed E-state index contributed by atoms with van der Waals surface area (Å²) in [5.41, 5.74) is 0. The Hall–Kier alpha value is -3.27. The van der Waals surface area contributed by atoms with E-state index in [1.54, 1.807) is 0 Å². The molecule has 0 saturated heterocycles. The van der Waals surface area contributed by atoms with Gasteiger partial charge in [0, 0.05) is 19.3 Å². The highest BCUT2D eigenvalue weighted by Crippen LogP contribution is 2.45. The maximum atomic E-state index is 12.9. The summed E-state index contributed by atoms with van der Waals surface area (Å²) in [5, 5.41) is 20.6. The Morgan fingerprint density at radius 3 is 0.907 bits per heavy atom. The molecule has 0 aromatic heterocycles. The van der Waals surface area contributed by atoms with E-state index in [2.05, 4.69) is 106 Å². The second-order valence-corrected chi connectivity index (χ2v) is 29.0. The van der Waals surface area contributed by atoms with Gasteiger partial charge in [0.1, 0.15) is 25.4 Å². The summed E-state index contributed by atoms with van der Waals surface area (Å²) >= 11 is 0. The van der Waals surface area contributed by atoms with Crippen molar-refractivity contribution in [2.24, 2.45) is 0 Å². The molecule has 5 unspecified atom stereocenters. The van der Waals surface area contributed by atoms with E-state index in [4.69, 9.17) is 32.3 Å². The minimum atomic E-state index is -4.92. The summed E-state index contributed by atoms with van der Waals surface area (Å²) in [7, 11) is -9.77. The molecule has 564 valence electrons. The van der Waals surface area contributed by atoms with Crippen molar-refractivity contribution in [2.45, 2.75) is 360 Å². The third-order valence-electron chi connectivity index (χ3n) is 16.6. The van der Waals surface area contributed by atoms with Gasteiger partial charge in [0.05, 0.1) is 26.4 Å². The van der Waals surface area contributed by atoms with Gasteiger partial charge in [0.2, 0.25) is 0 Å². The predicted molar refractivity (Wildman–Crippen MR) is 399 cm³/mol. The van der Waals surface area contributed by atoms with Crippen LogP contribution in [0.3, 0.4) is 0 Å². The number of carbonyl (C=O) groups is 3. The Morgan fingerprint density at radius 1 is 0.299 bits per heavy atom. The molecular weight excluding hydrogens is 1270 g/mol. The van der Waals surface area contributed by atoms with Crippen LogP contribution >= 0.6 is 15.6 Å². The first kappa shape index (κ1) is 93.7. The number of rotatable bonds is 74. The van der Waals surface area contributed by atoms with Gasteiger partial charge in [0.25, 0.3) is 0 Å². The average molecular weight is 1410 g/mol. The minimum absolute atomic E-state index is 0.0954. The first-order chi connectivity index (χ1) is 47.2. The van der Waals surface area contributed by atoms with Gasteiger partial charge in [-0.2, -0.15) is 0 Å². The lowest BCUT2D eigenvalue weighted by atomic mass is 10.0. The smallest absolute Gasteiger partial charge is 0.463 e. The molecule has 0 spiro atoms. The molecule has 0 bridgehead atoms. The summed E-state index contributed by atoms with van der Waals surface area (Å²) in [4.78, 5) is 58.4. The van der Waals surface area contributed by atoms with Gasteiger partial charge in [-0.25, -0.2) is 9.13 Å². The quantitative estimate of drug-likeness (QED) is 0.0146. The lowest BCUT2D eigenvalue weighted by Crippen LogP contribution is -2.30. The summed E-state index contributed by atoms with van der Waals surface area (Å²) < 4.78 is 60.9. The van der Waals surface area contributed by atoms with Crippen molar-refractivity contribution in [3.8, 4) is 0 Å². The Balaban J connectivity index is 4.26. The van der Waals surface area contributed by atoms with Gasteiger partial charge in [0.15, 0.2) is 6.10 Å². The summed E-state index contributed by atoms with van der Waals surface area (Å²) in [6.45, 7) is 2.53. The van der Waals surface area contributed by atoms with Crippen LogP contribution in [0, 0.1) is 0 Å². The summed E-state index contributed by atoms with van der Waals surface area (Å²) in [6, 6.07) is 0. The maximum absolute atomic E-state index is 12.9. The Morgan fingerprint density at radius 2 is 0.557 bits per heavy atom. The van der Waals surface area contributed by atoms with E-state index in [-0.39, 0.29) is 19.3 Å². The molecule has 97 heavy (non-hydrogen) atoms. The Kier molecular flexibility index (Phi) is 70.1. The van der Waals surface area contributed by atoms with Crippen LogP contribution in [-0.2, 0) is 55.8 Å². The molecule has 0 heterocycles. The fourth-order valence-corrected chi connectivity index (χ4v) is 12.2. The molecule has 0 aromatic carbocycles. The normalized spacial score (nSPS) is 14.5. The molecule has 0 amide bonds. The van der Waals surface area contributed by atoms with Gasteiger partial charge >= 0.3 is 33.6 Å². The predicted octanol–water partition coefficient (Wildman–Crippen LogP) is 22.4. The molecule has 0 aliphatic carbocycles. The summed E-state index contributed by atoms with van der Waals surface area (Å²) in [5.74, 6) is -1.58. The molecule has 0 saturated carbocycles. The van der Waals surface area contributed by atoms with Gasteiger partial charge < -0.3 is 34.2 Å². The van der Waals surface area contributed by atoms with Crippen LogP contribution in [0.2, 0.25) is 0 Å². The fraction of sp³-hybridized carbons (Fsp3) is 0.785. The largest absolute Gasteiger partial charge is 0.472 e. The minimum Gasteiger partial charge on any atom is -0.463 e. The third kappa shape index (κ3) is 73.8. The topological polar surface area (TPSA) is 231 Å². The molecule has 0 aliphatic heterocycles. The molecule has 16 nitrogen and oxygen atoms in total. The molecule has 0 rings (SSSR count). The number of allylic oxidation sites excluding steroid dienone is 14. The first-order valence-electron chi connectivity index (χ1n) is 38.9. The van der Waals surface area contributed by atoms with Crippen LogP contribution in [0.15, 0.2) is 85.1 Å². The van der Waals surface area contributed by atoms with E-state index in [1.165, 1.54) is 154 Å². The van der Waals surface area contributed by atoms with Crippen LogP contribution in [0.1, 0.15) is 342 Å². The molecule has 4 N–H and O–H groups in total. The summed E-state index contributed by atoms with van der Waals surface area (Å²) in [6.07, 6.45) is 81.1. The number of hydrogen-bond donors (Lipinski definition) is 4. The van der Waals surface area contributed by atoms with Crippen LogP contribution in [0.5, 0.6) is 0 Å². The standard InChI is InChI=1S/C79H142O16P2/c1-4-7-10-13-16-19-22-24-26-27-28-29-30-31-32-33-34-35-36-37-38-39-40-41-42-43-44-45-47-49-51-53-56-59-62-65-77(82)89-68-74(80)69-91-96(85,86)92-70-75(81)71-93-97(87,88)94-73-76(95-79(84)67-64-61-58-55-50-21-18-15-12-9-6-3)72-90-78(83)66-63-60-57-54-52-48-46-25-23-20-17-14-11-8-5-2/h7,10,15-16,18-19,24-26,28-29,31-32,46,74-76,80-81H,4-6,8-9,11-14,17,20-23,27,30,33-45,47-73H2,1-3H3,(H,85,86)(H,87,88)/b10-7-,18-15-,19-16-,26-24-,29-28-,32-31-,46-25-. The van der Waals surface area contributed by atoms with Crippen molar-refractivity contribution in [3.63, 3.8) is 0 Å². The monoisotopic (exact) mass is 1410 g/mol. The molecule has 18 heteroatoms. The van der Waals surface area contributed by atoms with E-state index in [1.807, 2.05) is 0 Å². The van der Waals surface area contributed by atoms with E-state index in [9.17, 15) is 43.5 Å². The zero-order valence-corrected chi connectivity index (χ0v) is 63.3. The third-order valence-corrected chi connectivity index (χ3v) is 18.5. The van der Waals surface area contributed by atoms with Crippen molar-refractivity contribution in [3.05, 3.63) is 85.1 Å². The lowest BCUT2D eigenvalue weighted by Gasteiger charge is -2.21. The second-order valence-electron chi connectivity index (χ2n) is 26.1. The van der Waals surface area contributed by atoms with E-state index in [0.717, 1.165) is 128 Å². The molecule has 0 aromatic rings. The van der Waals surface area contributed by atoms with Gasteiger partial charge in [-0.3, -0.25) is 32.5 Å². The molecule has 0 radical (unpaired) electrons. The average Bonchev–Trinajstić information content (AvgIpc) is 2.25. The zero-order valence-electron chi connectivity index (χ0n) is 61.5. The van der Waals surface area contributed by atoms with Crippen molar-refractivity contribution in [1.82, 2.24) is 0 Å². The molecule has 0 aliphatic rings. The van der Waals surface area contributed by atoms with Crippen molar-refractivity contribution < 1.29 is 75.8 Å². The van der Waals surface area contributed by atoms with Crippen LogP contribution < -0.4 is 0 Å². The van der Waals surface area contributed by atoms with E-state index >= 15 is 0 Å². The highest BCUT2D eigenvalue weighted by Gasteiger charge is 2.29. The number of carbonyl (C=O) groups excluding carboxylic acids is 3. The number of aliphatic hydroxyl groups is 2. The van der Waals surface area contributed by atoms with Crippen molar-refractivity contribution in [2.75, 3.05) is 39.6 Å². The Bertz CT molecular complexity index is 2110. The number of hydrogen-bond acceptors (Lipinski definition) is 14. The fourth-order valence-electron chi connectivity index (χ4n) is 10.6. The maximum Gasteiger partial charge on any atom is 0.472 e. The number of aliphatic hydroxyl groups excluding tert-OH is 2. The highest BCUT2D eigenvalue weighted by atomic mass is 31.2. The van der Waals surface area contributed by atoms with Crippen LogP contribution in [0.4, 0.5) is 0 Å². The molecule has 0 fully saturated rings. The number of esters is 3. The van der Waals surface area contributed by atoms with Crippen molar-refractivity contribution >= 4 is 33.6 Å². The van der Waals surface area contributed by atoms with Crippen LogP contribution in [0.25, 0.3) is 0 Å². The second kappa shape index (κ2) is 72.5. The number of unbranched alkanes of at least 4 members (excludes halogenated alkanes) is 37. The van der Waals surface area contributed by atoms with E-state index in [0.29, 0.717) is 19.3 Å². The van der Waals surface area contributed by atoms with E-state index < -0.39 is 91.5 Å².